The molecule has 1 aliphatic carbocycles. The van der Waals surface area contributed by atoms with Crippen LogP contribution in [-0.4, -0.2) is 18.4 Å². The predicted molar refractivity (Wildman–Crippen MR) is 88.3 cm³/mol. The molecular formula is C16H14ClFN2O2S. The number of benzene rings is 1. The molecule has 0 atom stereocenters. The zero-order valence-corrected chi connectivity index (χ0v) is 13.6. The van der Waals surface area contributed by atoms with Crippen LogP contribution in [-0.2, 0) is 15.0 Å². The van der Waals surface area contributed by atoms with Gasteiger partial charge in [-0.2, -0.15) is 11.3 Å². The van der Waals surface area contributed by atoms with Gasteiger partial charge in [-0.05, 0) is 53.4 Å². The van der Waals surface area contributed by atoms with E-state index in [1.807, 2.05) is 11.4 Å². The second-order valence-electron chi connectivity index (χ2n) is 5.56. The Morgan fingerprint density at radius 3 is 2.65 bits per heavy atom. The molecule has 2 amide bonds. The van der Waals surface area contributed by atoms with Crippen molar-refractivity contribution in [3.8, 4) is 0 Å². The van der Waals surface area contributed by atoms with Crippen LogP contribution < -0.4 is 10.6 Å². The van der Waals surface area contributed by atoms with Gasteiger partial charge in [0, 0.05) is 17.6 Å². The number of amides is 2. The van der Waals surface area contributed by atoms with Gasteiger partial charge in [-0.25, -0.2) is 4.39 Å². The van der Waals surface area contributed by atoms with Crippen molar-refractivity contribution in [2.45, 2.75) is 18.3 Å². The van der Waals surface area contributed by atoms with Crippen LogP contribution in [0, 0.1) is 5.82 Å². The molecule has 4 nitrogen and oxygen atoms in total. The van der Waals surface area contributed by atoms with Crippen molar-refractivity contribution in [2.24, 2.45) is 0 Å². The van der Waals surface area contributed by atoms with Crippen LogP contribution in [0.4, 0.5) is 10.1 Å². The second-order valence-corrected chi connectivity index (χ2v) is 6.75. The minimum absolute atomic E-state index is 0.0326. The summed E-state index contributed by atoms with van der Waals surface area (Å²) < 4.78 is 13.1. The molecule has 2 aromatic rings. The number of nitrogens with one attached hydrogen (secondary N) is 2. The smallest absolute Gasteiger partial charge is 0.313 e. The molecule has 1 fully saturated rings. The molecule has 23 heavy (non-hydrogen) atoms. The lowest BCUT2D eigenvalue weighted by Crippen LogP contribution is -2.39. The fraction of sp³-hybridized carbons (Fsp3) is 0.250. The van der Waals surface area contributed by atoms with Crippen LogP contribution in [0.1, 0.15) is 18.4 Å². The fourth-order valence-electron chi connectivity index (χ4n) is 2.38. The quantitative estimate of drug-likeness (QED) is 0.829. The van der Waals surface area contributed by atoms with Crippen LogP contribution in [0.15, 0.2) is 35.0 Å². The third kappa shape index (κ3) is 3.54. The zero-order valence-electron chi connectivity index (χ0n) is 12.1. The first kappa shape index (κ1) is 16.0. The summed E-state index contributed by atoms with van der Waals surface area (Å²) >= 11 is 7.25. The van der Waals surface area contributed by atoms with Crippen molar-refractivity contribution < 1.29 is 14.0 Å². The third-order valence-corrected chi connectivity index (χ3v) is 4.93. The predicted octanol–water partition coefficient (Wildman–Crippen LogP) is 3.33. The van der Waals surface area contributed by atoms with E-state index in [9.17, 15) is 14.0 Å². The van der Waals surface area contributed by atoms with E-state index in [0.717, 1.165) is 18.9 Å². The molecule has 1 heterocycles. The van der Waals surface area contributed by atoms with Gasteiger partial charge in [0.15, 0.2) is 0 Å². The number of rotatable bonds is 4. The van der Waals surface area contributed by atoms with Gasteiger partial charge in [0.1, 0.15) is 5.82 Å². The molecule has 0 radical (unpaired) electrons. The third-order valence-electron chi connectivity index (χ3n) is 3.96. The molecule has 1 aromatic carbocycles. The largest absolute Gasteiger partial charge is 0.347 e. The maximum absolute atomic E-state index is 13.1. The number of halogens is 2. The zero-order chi connectivity index (χ0) is 16.4. The second kappa shape index (κ2) is 6.29. The molecule has 3 rings (SSSR count). The van der Waals surface area contributed by atoms with E-state index < -0.39 is 17.6 Å². The van der Waals surface area contributed by atoms with E-state index in [-0.39, 0.29) is 16.1 Å². The lowest BCUT2D eigenvalue weighted by molar-refractivity contribution is -0.136. The molecule has 0 unspecified atom stereocenters. The minimum Gasteiger partial charge on any atom is -0.347 e. The molecule has 7 heteroatoms. The van der Waals surface area contributed by atoms with Gasteiger partial charge in [-0.1, -0.05) is 11.6 Å². The Balaban J connectivity index is 1.56. The number of thiophene rings is 1. The minimum atomic E-state index is -0.797. The molecule has 120 valence electrons. The maximum Gasteiger partial charge on any atom is 0.313 e. The van der Waals surface area contributed by atoms with Crippen molar-refractivity contribution in [1.29, 1.82) is 0 Å². The number of anilines is 1. The summed E-state index contributed by atoms with van der Waals surface area (Å²) in [6, 6.07) is 5.78. The number of hydrogen-bond acceptors (Lipinski definition) is 3. The van der Waals surface area contributed by atoms with Crippen LogP contribution in [0.3, 0.4) is 0 Å². The monoisotopic (exact) mass is 352 g/mol. The first-order valence-corrected chi connectivity index (χ1v) is 8.39. The van der Waals surface area contributed by atoms with E-state index in [1.54, 1.807) is 11.3 Å². The molecule has 2 N–H and O–H groups in total. The van der Waals surface area contributed by atoms with Crippen molar-refractivity contribution in [2.75, 3.05) is 11.9 Å². The Kier molecular flexibility index (Phi) is 4.37. The van der Waals surface area contributed by atoms with Crippen molar-refractivity contribution in [3.63, 3.8) is 0 Å². The highest BCUT2D eigenvalue weighted by Gasteiger charge is 2.44. The standard InChI is InChI=1S/C16H14ClFN2O2S/c17-12-7-11(1-2-13(12)18)20-15(22)14(21)19-9-16(4-5-16)10-3-6-23-8-10/h1-3,6-8H,4-5,9H2,(H,19,21)(H,20,22). The average molecular weight is 353 g/mol. The summed E-state index contributed by atoms with van der Waals surface area (Å²) in [7, 11) is 0. The normalized spacial score (nSPS) is 15.0. The Morgan fingerprint density at radius 2 is 2.04 bits per heavy atom. The lowest BCUT2D eigenvalue weighted by Gasteiger charge is -2.14. The maximum atomic E-state index is 13.1. The Morgan fingerprint density at radius 1 is 1.26 bits per heavy atom. The van der Waals surface area contributed by atoms with Gasteiger partial charge in [0.25, 0.3) is 0 Å². The molecule has 1 aliphatic rings. The highest BCUT2D eigenvalue weighted by atomic mass is 35.5. The van der Waals surface area contributed by atoms with E-state index in [1.165, 1.54) is 17.7 Å². The van der Waals surface area contributed by atoms with Gasteiger partial charge in [0.05, 0.1) is 5.02 Å². The number of carbonyl (C=O) groups excluding carboxylic acids is 2. The first-order chi connectivity index (χ1) is 11.0. The van der Waals surface area contributed by atoms with Crippen LogP contribution in [0.2, 0.25) is 5.02 Å². The van der Waals surface area contributed by atoms with E-state index >= 15 is 0 Å². The first-order valence-electron chi connectivity index (χ1n) is 7.07. The highest BCUT2D eigenvalue weighted by Crippen LogP contribution is 2.48. The summed E-state index contributed by atoms with van der Waals surface area (Å²) in [6.07, 6.45) is 2.00. The molecule has 1 aromatic heterocycles. The molecule has 1 saturated carbocycles. The van der Waals surface area contributed by atoms with Crippen molar-refractivity contribution in [3.05, 3.63) is 51.4 Å². The number of carbonyl (C=O) groups is 2. The van der Waals surface area contributed by atoms with E-state index in [4.69, 9.17) is 11.6 Å². The summed E-state index contributed by atoms with van der Waals surface area (Å²) in [5, 5.41) is 9.03. The molecule has 0 saturated heterocycles. The SMILES string of the molecule is O=C(NCC1(c2ccsc2)CC1)C(=O)Nc1ccc(F)c(Cl)c1. The Hall–Kier alpha value is -1.92. The number of hydrogen-bond donors (Lipinski definition) is 2. The summed E-state index contributed by atoms with van der Waals surface area (Å²) in [6.45, 7) is 0.431. The Bertz CT molecular complexity index is 745. The topological polar surface area (TPSA) is 58.2 Å². The van der Waals surface area contributed by atoms with Crippen molar-refractivity contribution in [1.82, 2.24) is 5.32 Å². The molecule has 0 spiro atoms. The van der Waals surface area contributed by atoms with Crippen LogP contribution in [0.25, 0.3) is 0 Å². The van der Waals surface area contributed by atoms with Gasteiger partial charge in [0.2, 0.25) is 0 Å². The lowest BCUT2D eigenvalue weighted by atomic mass is 9.99. The molecule has 0 aliphatic heterocycles. The van der Waals surface area contributed by atoms with Crippen molar-refractivity contribution >= 4 is 40.4 Å². The summed E-state index contributed by atoms with van der Waals surface area (Å²) in [5.41, 5.74) is 1.44. The molecular weight excluding hydrogens is 339 g/mol. The fourth-order valence-corrected chi connectivity index (χ4v) is 3.34. The van der Waals surface area contributed by atoms with Gasteiger partial charge in [-0.15, -0.1) is 0 Å². The van der Waals surface area contributed by atoms with E-state index in [0.29, 0.717) is 6.54 Å². The van der Waals surface area contributed by atoms with Gasteiger partial charge < -0.3 is 10.6 Å². The Labute approximate surface area is 141 Å². The molecule has 0 bridgehead atoms. The highest BCUT2D eigenvalue weighted by molar-refractivity contribution is 7.08. The summed E-state index contributed by atoms with van der Waals surface area (Å²) in [5.74, 6) is -2.10. The average Bonchev–Trinajstić information content (AvgIpc) is 3.11. The van der Waals surface area contributed by atoms with Gasteiger partial charge in [-0.3, -0.25) is 9.59 Å². The summed E-state index contributed by atoms with van der Waals surface area (Å²) in [4.78, 5) is 23.8. The van der Waals surface area contributed by atoms with Gasteiger partial charge >= 0.3 is 11.8 Å². The van der Waals surface area contributed by atoms with Crippen LogP contribution >= 0.6 is 22.9 Å². The van der Waals surface area contributed by atoms with E-state index in [2.05, 4.69) is 16.0 Å². The van der Waals surface area contributed by atoms with Crippen LogP contribution in [0.5, 0.6) is 0 Å².